The van der Waals surface area contributed by atoms with E-state index in [2.05, 4.69) is 45.4 Å². The van der Waals surface area contributed by atoms with Gasteiger partial charge in [-0.05, 0) is 36.5 Å². The van der Waals surface area contributed by atoms with Crippen molar-refractivity contribution in [2.45, 2.75) is 18.8 Å². The molecule has 0 unspecified atom stereocenters. The summed E-state index contributed by atoms with van der Waals surface area (Å²) in [5.74, 6) is 1.59. The second kappa shape index (κ2) is 5.57. The summed E-state index contributed by atoms with van der Waals surface area (Å²) >= 11 is 5.76. The zero-order chi connectivity index (χ0) is 13.1. The number of rotatable bonds is 2. The van der Waals surface area contributed by atoms with Gasteiger partial charge >= 0.3 is 0 Å². The van der Waals surface area contributed by atoms with Crippen molar-refractivity contribution in [3.8, 4) is 0 Å². The molecule has 1 aliphatic rings. The normalized spacial score (nSPS) is 16.6. The number of piperidine rings is 1. The van der Waals surface area contributed by atoms with Crippen molar-refractivity contribution in [2.24, 2.45) is 0 Å². The molecule has 98 valence electrons. The predicted octanol–water partition coefficient (Wildman–Crippen LogP) is 3.51. The third-order valence-electron chi connectivity index (χ3n) is 3.71. The van der Waals surface area contributed by atoms with Crippen LogP contribution in [0.1, 0.15) is 24.3 Å². The number of hydrogen-bond acceptors (Lipinski definition) is 3. The van der Waals surface area contributed by atoms with Gasteiger partial charge in [0.15, 0.2) is 11.0 Å². The minimum atomic E-state index is 0.447. The molecular weight excluding hydrogens is 258 g/mol. The van der Waals surface area contributed by atoms with Crippen molar-refractivity contribution in [3.63, 3.8) is 0 Å². The molecule has 1 aromatic heterocycles. The van der Waals surface area contributed by atoms with Crippen LogP contribution in [0, 0.1) is 0 Å². The minimum absolute atomic E-state index is 0.447. The smallest absolute Gasteiger partial charge is 0.151 e. The molecule has 0 aliphatic carbocycles. The highest BCUT2D eigenvalue weighted by Gasteiger charge is 2.21. The van der Waals surface area contributed by atoms with E-state index in [1.807, 2.05) is 6.07 Å². The largest absolute Gasteiger partial charge is 0.355 e. The van der Waals surface area contributed by atoms with Crippen molar-refractivity contribution < 1.29 is 0 Å². The molecule has 1 saturated heterocycles. The van der Waals surface area contributed by atoms with Gasteiger partial charge < -0.3 is 4.90 Å². The molecule has 0 radical (unpaired) electrons. The van der Waals surface area contributed by atoms with Crippen LogP contribution in [0.4, 0.5) is 5.82 Å². The Bertz CT molecular complexity index is 519. The topological polar surface area (TPSA) is 29.0 Å². The lowest BCUT2D eigenvalue weighted by atomic mass is 9.89. The van der Waals surface area contributed by atoms with Crippen molar-refractivity contribution in [3.05, 3.63) is 53.2 Å². The Morgan fingerprint density at radius 1 is 0.947 bits per heavy atom. The molecular formula is C15H16ClN3. The lowest BCUT2D eigenvalue weighted by Gasteiger charge is -2.32. The van der Waals surface area contributed by atoms with E-state index < -0.39 is 0 Å². The van der Waals surface area contributed by atoms with Gasteiger partial charge in [-0.2, -0.15) is 0 Å². The molecule has 4 heteroatoms. The van der Waals surface area contributed by atoms with Crippen LogP contribution in [0.2, 0.25) is 5.15 Å². The second-order valence-corrected chi connectivity index (χ2v) is 5.27. The highest BCUT2D eigenvalue weighted by atomic mass is 35.5. The van der Waals surface area contributed by atoms with E-state index in [9.17, 15) is 0 Å². The lowest BCUT2D eigenvalue weighted by Crippen LogP contribution is -2.33. The van der Waals surface area contributed by atoms with Gasteiger partial charge in [0.1, 0.15) is 0 Å². The van der Waals surface area contributed by atoms with Gasteiger partial charge in [-0.25, -0.2) is 0 Å². The lowest BCUT2D eigenvalue weighted by molar-refractivity contribution is 0.501. The molecule has 3 rings (SSSR count). The third kappa shape index (κ3) is 2.87. The molecule has 3 nitrogen and oxygen atoms in total. The fourth-order valence-electron chi connectivity index (χ4n) is 2.64. The van der Waals surface area contributed by atoms with Crippen LogP contribution < -0.4 is 4.90 Å². The summed E-state index contributed by atoms with van der Waals surface area (Å²) in [5.41, 5.74) is 1.45. The van der Waals surface area contributed by atoms with E-state index in [-0.39, 0.29) is 0 Å². The molecule has 0 amide bonds. The Hall–Kier alpha value is -1.61. The summed E-state index contributed by atoms with van der Waals surface area (Å²) in [6.07, 6.45) is 2.32. The highest BCUT2D eigenvalue weighted by molar-refractivity contribution is 6.29. The Morgan fingerprint density at radius 3 is 2.32 bits per heavy atom. The number of anilines is 1. The summed E-state index contributed by atoms with van der Waals surface area (Å²) in [7, 11) is 0. The summed E-state index contributed by atoms with van der Waals surface area (Å²) in [6, 6.07) is 14.5. The van der Waals surface area contributed by atoms with E-state index in [4.69, 9.17) is 11.6 Å². The molecule has 1 fully saturated rings. The average molecular weight is 274 g/mol. The van der Waals surface area contributed by atoms with Gasteiger partial charge in [-0.3, -0.25) is 0 Å². The van der Waals surface area contributed by atoms with E-state index in [0.717, 1.165) is 31.7 Å². The second-order valence-electron chi connectivity index (χ2n) is 4.89. The maximum atomic E-state index is 5.76. The molecule has 0 N–H and O–H groups in total. The van der Waals surface area contributed by atoms with Crippen LogP contribution >= 0.6 is 11.6 Å². The first-order valence-corrected chi connectivity index (χ1v) is 7.00. The van der Waals surface area contributed by atoms with E-state index in [1.54, 1.807) is 6.07 Å². The molecule has 0 bridgehead atoms. The Labute approximate surface area is 118 Å². The van der Waals surface area contributed by atoms with E-state index >= 15 is 0 Å². The van der Waals surface area contributed by atoms with Crippen LogP contribution in [0.3, 0.4) is 0 Å². The van der Waals surface area contributed by atoms with E-state index in [0.29, 0.717) is 11.1 Å². The summed E-state index contributed by atoms with van der Waals surface area (Å²) < 4.78 is 0. The number of aromatic nitrogens is 2. The van der Waals surface area contributed by atoms with E-state index in [1.165, 1.54) is 5.56 Å². The maximum Gasteiger partial charge on any atom is 0.151 e. The van der Waals surface area contributed by atoms with Crippen molar-refractivity contribution in [1.82, 2.24) is 10.2 Å². The third-order valence-corrected chi connectivity index (χ3v) is 3.91. The van der Waals surface area contributed by atoms with Crippen molar-refractivity contribution in [1.29, 1.82) is 0 Å². The van der Waals surface area contributed by atoms with Gasteiger partial charge in [0.05, 0.1) is 0 Å². The molecule has 0 atom stereocenters. The standard InChI is InChI=1S/C15H16ClN3/c16-14-6-7-15(18-17-14)19-10-8-13(9-11-19)12-4-2-1-3-5-12/h1-7,13H,8-11H2. The molecule has 0 saturated carbocycles. The van der Waals surface area contributed by atoms with Gasteiger partial charge in [-0.15, -0.1) is 10.2 Å². The Balaban J connectivity index is 1.65. The number of nitrogens with zero attached hydrogens (tertiary/aromatic N) is 3. The SMILES string of the molecule is Clc1ccc(N2CCC(c3ccccc3)CC2)nn1. The van der Waals surface area contributed by atoms with Crippen molar-refractivity contribution >= 4 is 17.4 Å². The monoisotopic (exact) mass is 273 g/mol. The molecule has 0 spiro atoms. The summed E-state index contributed by atoms with van der Waals surface area (Å²) in [6.45, 7) is 2.05. The molecule has 2 heterocycles. The predicted molar refractivity (Wildman–Crippen MR) is 77.7 cm³/mol. The first-order chi connectivity index (χ1) is 9.33. The van der Waals surface area contributed by atoms with Crippen molar-refractivity contribution in [2.75, 3.05) is 18.0 Å². The Morgan fingerprint density at radius 2 is 1.68 bits per heavy atom. The average Bonchev–Trinajstić information content (AvgIpc) is 2.49. The molecule has 19 heavy (non-hydrogen) atoms. The van der Waals surface area contributed by atoms with Crippen LogP contribution in [-0.4, -0.2) is 23.3 Å². The minimum Gasteiger partial charge on any atom is -0.355 e. The first kappa shape index (κ1) is 12.4. The number of benzene rings is 1. The van der Waals surface area contributed by atoms with Gasteiger partial charge in [-0.1, -0.05) is 41.9 Å². The highest BCUT2D eigenvalue weighted by Crippen LogP contribution is 2.29. The number of hydrogen-bond donors (Lipinski definition) is 0. The zero-order valence-corrected chi connectivity index (χ0v) is 11.4. The van der Waals surface area contributed by atoms with Crippen LogP contribution in [0.15, 0.2) is 42.5 Å². The zero-order valence-electron chi connectivity index (χ0n) is 10.7. The van der Waals surface area contributed by atoms with Gasteiger partial charge in [0, 0.05) is 13.1 Å². The van der Waals surface area contributed by atoms with Gasteiger partial charge in [0.2, 0.25) is 0 Å². The molecule has 2 aromatic rings. The fourth-order valence-corrected chi connectivity index (χ4v) is 2.75. The first-order valence-electron chi connectivity index (χ1n) is 6.62. The molecule has 1 aliphatic heterocycles. The maximum absolute atomic E-state index is 5.76. The summed E-state index contributed by atoms with van der Waals surface area (Å²) in [5, 5.41) is 8.50. The van der Waals surface area contributed by atoms with Crippen LogP contribution in [0.25, 0.3) is 0 Å². The number of halogens is 1. The van der Waals surface area contributed by atoms with Gasteiger partial charge in [0.25, 0.3) is 0 Å². The van der Waals surface area contributed by atoms with Crippen LogP contribution in [-0.2, 0) is 0 Å². The summed E-state index contributed by atoms with van der Waals surface area (Å²) in [4.78, 5) is 2.28. The molecule has 1 aromatic carbocycles. The fraction of sp³-hybridized carbons (Fsp3) is 0.333. The quantitative estimate of drug-likeness (QED) is 0.838. The van der Waals surface area contributed by atoms with Crippen LogP contribution in [0.5, 0.6) is 0 Å². The Kier molecular flexibility index (Phi) is 3.65.